The summed E-state index contributed by atoms with van der Waals surface area (Å²) in [6, 6.07) is 12.4. The highest BCUT2D eigenvalue weighted by Gasteiger charge is 2.32. The first-order chi connectivity index (χ1) is 14.4. The summed E-state index contributed by atoms with van der Waals surface area (Å²) in [5.74, 6) is -0.647. The Bertz CT molecular complexity index is 1030. The van der Waals surface area contributed by atoms with Crippen LogP contribution in [0.5, 0.6) is 0 Å². The molecule has 1 aliphatic heterocycles. The number of rotatable bonds is 4. The van der Waals surface area contributed by atoms with Crippen LogP contribution in [0, 0.1) is 0 Å². The van der Waals surface area contributed by atoms with Crippen LogP contribution in [0.15, 0.2) is 54.7 Å². The Morgan fingerprint density at radius 1 is 1.07 bits per heavy atom. The molecule has 1 fully saturated rings. The number of hydrogen-bond donors (Lipinski definition) is 1. The fraction of sp³-hybridized carbons (Fsp3) is 0.250. The second kappa shape index (κ2) is 8.15. The number of morpholine rings is 1. The van der Waals surface area contributed by atoms with E-state index in [1.165, 1.54) is 16.9 Å². The van der Waals surface area contributed by atoms with Gasteiger partial charge in [0, 0.05) is 13.1 Å². The van der Waals surface area contributed by atoms with E-state index in [0.29, 0.717) is 37.7 Å². The van der Waals surface area contributed by atoms with E-state index < -0.39 is 17.6 Å². The Labute approximate surface area is 170 Å². The number of amides is 1. The maximum absolute atomic E-state index is 13.2. The molecule has 1 saturated heterocycles. The first kappa shape index (κ1) is 19.9. The highest BCUT2D eigenvalue weighted by molar-refractivity contribution is 6.04. The van der Waals surface area contributed by atoms with Crippen molar-refractivity contribution in [3.05, 3.63) is 66.0 Å². The van der Waals surface area contributed by atoms with Crippen LogP contribution in [0.25, 0.3) is 5.69 Å². The molecule has 1 N–H and O–H groups in total. The molecule has 3 aromatic rings. The van der Waals surface area contributed by atoms with Gasteiger partial charge in [-0.3, -0.25) is 4.79 Å². The molecule has 1 aromatic heterocycles. The SMILES string of the molecule is O=C(Nc1cc(C(F)(F)F)ccc1N1CCOCC1)c1cn(-c2ccccc2)nn1. The molecule has 0 bridgehead atoms. The maximum Gasteiger partial charge on any atom is 0.416 e. The van der Waals surface area contributed by atoms with Crippen molar-refractivity contribution in [3.63, 3.8) is 0 Å². The van der Waals surface area contributed by atoms with Crippen molar-refractivity contribution >= 4 is 17.3 Å². The number of benzene rings is 2. The van der Waals surface area contributed by atoms with E-state index >= 15 is 0 Å². The number of anilines is 2. The lowest BCUT2D eigenvalue weighted by atomic mass is 10.1. The minimum Gasteiger partial charge on any atom is -0.378 e. The zero-order valence-electron chi connectivity index (χ0n) is 15.8. The summed E-state index contributed by atoms with van der Waals surface area (Å²) in [6.07, 6.45) is -3.11. The minimum absolute atomic E-state index is 0.0100. The van der Waals surface area contributed by atoms with E-state index in [1.807, 2.05) is 23.1 Å². The lowest BCUT2D eigenvalue weighted by Crippen LogP contribution is -2.36. The van der Waals surface area contributed by atoms with E-state index in [-0.39, 0.29) is 11.4 Å². The van der Waals surface area contributed by atoms with Crippen molar-refractivity contribution in [2.75, 3.05) is 36.5 Å². The molecule has 10 heteroatoms. The molecular weight excluding hydrogens is 399 g/mol. The molecule has 0 spiro atoms. The normalized spacial score (nSPS) is 14.6. The maximum atomic E-state index is 13.2. The van der Waals surface area contributed by atoms with Gasteiger partial charge in [0.1, 0.15) is 0 Å². The van der Waals surface area contributed by atoms with Crippen LogP contribution in [0.1, 0.15) is 16.1 Å². The third-order valence-electron chi connectivity index (χ3n) is 4.67. The summed E-state index contributed by atoms with van der Waals surface area (Å²) in [6.45, 7) is 1.94. The summed E-state index contributed by atoms with van der Waals surface area (Å²) in [7, 11) is 0. The van der Waals surface area contributed by atoms with Gasteiger partial charge >= 0.3 is 6.18 Å². The van der Waals surface area contributed by atoms with Gasteiger partial charge in [0.2, 0.25) is 0 Å². The number of nitrogens with zero attached hydrogens (tertiary/aromatic N) is 4. The third kappa shape index (κ3) is 4.28. The Morgan fingerprint density at radius 2 is 1.80 bits per heavy atom. The van der Waals surface area contributed by atoms with Gasteiger partial charge in [-0.25, -0.2) is 4.68 Å². The molecule has 2 aromatic carbocycles. The molecular formula is C20H18F3N5O2. The molecule has 30 heavy (non-hydrogen) atoms. The number of carbonyl (C=O) groups excluding carboxylic acids is 1. The topological polar surface area (TPSA) is 72.3 Å². The van der Waals surface area contributed by atoms with Crippen LogP contribution >= 0.6 is 0 Å². The Balaban J connectivity index is 1.62. The fourth-order valence-electron chi connectivity index (χ4n) is 3.15. The molecule has 0 saturated carbocycles. The summed E-state index contributed by atoms with van der Waals surface area (Å²) in [5, 5.41) is 10.3. The van der Waals surface area contributed by atoms with E-state index in [0.717, 1.165) is 12.1 Å². The van der Waals surface area contributed by atoms with E-state index in [1.54, 1.807) is 12.1 Å². The van der Waals surface area contributed by atoms with Crippen LogP contribution < -0.4 is 10.2 Å². The number of alkyl halides is 3. The average molecular weight is 417 g/mol. The summed E-state index contributed by atoms with van der Waals surface area (Å²) in [5.41, 5.74) is 0.408. The van der Waals surface area contributed by atoms with Gasteiger partial charge in [0.05, 0.1) is 42.0 Å². The van der Waals surface area contributed by atoms with Gasteiger partial charge in [-0.1, -0.05) is 23.4 Å². The predicted octanol–water partition coefficient (Wildman–Crippen LogP) is 3.38. The third-order valence-corrected chi connectivity index (χ3v) is 4.67. The van der Waals surface area contributed by atoms with Gasteiger partial charge < -0.3 is 15.0 Å². The number of nitrogens with one attached hydrogen (secondary N) is 1. The zero-order valence-corrected chi connectivity index (χ0v) is 15.8. The number of ether oxygens (including phenoxy) is 1. The van der Waals surface area contributed by atoms with Crippen LogP contribution in [0.3, 0.4) is 0 Å². The molecule has 4 rings (SSSR count). The highest BCUT2D eigenvalue weighted by atomic mass is 19.4. The quantitative estimate of drug-likeness (QED) is 0.705. The lowest BCUT2D eigenvalue weighted by molar-refractivity contribution is -0.137. The van der Waals surface area contributed by atoms with Crippen molar-refractivity contribution < 1.29 is 22.7 Å². The molecule has 2 heterocycles. The largest absolute Gasteiger partial charge is 0.416 e. The van der Waals surface area contributed by atoms with Gasteiger partial charge in [0.25, 0.3) is 5.91 Å². The molecule has 1 amide bonds. The van der Waals surface area contributed by atoms with Gasteiger partial charge in [0.15, 0.2) is 5.69 Å². The number of carbonyl (C=O) groups is 1. The highest BCUT2D eigenvalue weighted by Crippen LogP contribution is 2.36. The predicted molar refractivity (Wildman–Crippen MR) is 104 cm³/mol. The van der Waals surface area contributed by atoms with Crippen LogP contribution in [-0.2, 0) is 10.9 Å². The van der Waals surface area contributed by atoms with Gasteiger partial charge in [-0.15, -0.1) is 5.10 Å². The molecule has 156 valence electrons. The summed E-state index contributed by atoms with van der Waals surface area (Å²) < 4.78 is 46.4. The summed E-state index contributed by atoms with van der Waals surface area (Å²) >= 11 is 0. The van der Waals surface area contributed by atoms with E-state index in [4.69, 9.17) is 4.74 Å². The van der Waals surface area contributed by atoms with Crippen molar-refractivity contribution in [2.24, 2.45) is 0 Å². The number of halogens is 3. The van der Waals surface area contributed by atoms with Gasteiger partial charge in [-0.2, -0.15) is 13.2 Å². The monoisotopic (exact) mass is 417 g/mol. The molecule has 0 atom stereocenters. The Hall–Kier alpha value is -3.40. The van der Waals surface area contributed by atoms with Crippen molar-refractivity contribution in [1.29, 1.82) is 0 Å². The number of para-hydroxylation sites is 1. The van der Waals surface area contributed by atoms with E-state index in [2.05, 4.69) is 15.6 Å². The molecule has 0 unspecified atom stereocenters. The molecule has 0 aliphatic carbocycles. The number of hydrogen-bond acceptors (Lipinski definition) is 5. The minimum atomic E-state index is -4.53. The standard InChI is InChI=1S/C20H18F3N5O2/c21-20(22,23)14-6-7-18(27-8-10-30-11-9-27)16(12-14)24-19(29)17-13-28(26-25-17)15-4-2-1-3-5-15/h1-7,12-13H,8-11H2,(H,24,29). The van der Waals surface area contributed by atoms with Crippen molar-refractivity contribution in [1.82, 2.24) is 15.0 Å². The lowest BCUT2D eigenvalue weighted by Gasteiger charge is -2.30. The Kier molecular flexibility index (Phi) is 5.40. The molecule has 7 nitrogen and oxygen atoms in total. The van der Waals surface area contributed by atoms with Crippen molar-refractivity contribution in [3.8, 4) is 5.69 Å². The zero-order chi connectivity index (χ0) is 21.1. The van der Waals surface area contributed by atoms with Crippen LogP contribution in [-0.4, -0.2) is 47.2 Å². The summed E-state index contributed by atoms with van der Waals surface area (Å²) in [4.78, 5) is 14.6. The second-order valence-corrected chi connectivity index (χ2v) is 6.67. The van der Waals surface area contributed by atoms with E-state index in [9.17, 15) is 18.0 Å². The molecule has 0 radical (unpaired) electrons. The first-order valence-electron chi connectivity index (χ1n) is 9.25. The smallest absolute Gasteiger partial charge is 0.378 e. The van der Waals surface area contributed by atoms with Gasteiger partial charge in [-0.05, 0) is 30.3 Å². The fourth-order valence-corrected chi connectivity index (χ4v) is 3.15. The van der Waals surface area contributed by atoms with Crippen LogP contribution in [0.4, 0.5) is 24.5 Å². The van der Waals surface area contributed by atoms with Crippen LogP contribution in [0.2, 0.25) is 0 Å². The Morgan fingerprint density at radius 3 is 2.50 bits per heavy atom. The van der Waals surface area contributed by atoms with Crippen molar-refractivity contribution in [2.45, 2.75) is 6.18 Å². The average Bonchev–Trinajstić information content (AvgIpc) is 3.25. The first-order valence-corrected chi connectivity index (χ1v) is 9.25. The second-order valence-electron chi connectivity index (χ2n) is 6.67. The number of aromatic nitrogens is 3. The molecule has 1 aliphatic rings.